The maximum atomic E-state index is 2.19. The Hall–Kier alpha value is -0.640. The van der Waals surface area contributed by atoms with Gasteiger partial charge in [0.25, 0.3) is 0 Å². The summed E-state index contributed by atoms with van der Waals surface area (Å²) in [6.07, 6.45) is 2.08. The Morgan fingerprint density at radius 3 is 2.39 bits per heavy atom. The van der Waals surface area contributed by atoms with Crippen LogP contribution in [0, 0.1) is 6.92 Å². The van der Waals surface area contributed by atoms with E-state index < -0.39 is 0 Å². The Bertz CT molecular complexity index is 485. The molecule has 0 bridgehead atoms. The number of aryl methyl sites for hydroxylation is 2. The van der Waals surface area contributed by atoms with Crippen molar-refractivity contribution < 1.29 is 17.0 Å². The van der Waals surface area contributed by atoms with Crippen molar-refractivity contribution in [2.75, 3.05) is 5.08 Å². The highest BCUT2D eigenvalue weighted by Gasteiger charge is 2.05. The van der Waals surface area contributed by atoms with Crippen LogP contribution in [0.3, 0.4) is 0 Å². The second kappa shape index (κ2) is 7.72. The van der Waals surface area contributed by atoms with Gasteiger partial charge in [0.1, 0.15) is 7.05 Å². The van der Waals surface area contributed by atoms with Crippen LogP contribution in [0.15, 0.2) is 58.6 Å². The van der Waals surface area contributed by atoms with E-state index in [0.717, 1.165) is 5.08 Å². The topological polar surface area (TPSA) is 3.88 Å². The van der Waals surface area contributed by atoms with E-state index in [1.54, 1.807) is 0 Å². The standard InChI is InChI=1S/C14H16NS2.ClH/c1-12-6-8-13(9-7-12)16-11-17-14-5-3-4-10-15(14)2;/h3-10H,11H2,1-2H3;1H/q+1;/p-1. The second-order valence-corrected chi connectivity index (χ2v) is 6.28. The van der Waals surface area contributed by atoms with Crippen LogP contribution in [0.25, 0.3) is 0 Å². The first kappa shape index (κ1) is 15.4. The van der Waals surface area contributed by atoms with Gasteiger partial charge in [-0.3, -0.25) is 0 Å². The highest BCUT2D eigenvalue weighted by atomic mass is 35.5. The lowest BCUT2D eigenvalue weighted by Gasteiger charge is -2.01. The summed E-state index contributed by atoms with van der Waals surface area (Å²) in [5, 5.41) is 2.34. The van der Waals surface area contributed by atoms with Crippen molar-refractivity contribution in [1.82, 2.24) is 0 Å². The minimum atomic E-state index is 0. The molecule has 0 saturated carbocycles. The fourth-order valence-electron chi connectivity index (χ4n) is 1.45. The van der Waals surface area contributed by atoms with E-state index in [2.05, 4.69) is 67.2 Å². The fourth-order valence-corrected chi connectivity index (χ4v) is 3.48. The molecule has 2 rings (SSSR count). The average molecular weight is 298 g/mol. The molecule has 0 N–H and O–H groups in total. The Morgan fingerprint density at radius 1 is 1.00 bits per heavy atom. The van der Waals surface area contributed by atoms with E-state index >= 15 is 0 Å². The van der Waals surface area contributed by atoms with Gasteiger partial charge in [-0.15, -0.1) is 11.8 Å². The van der Waals surface area contributed by atoms with Gasteiger partial charge in [-0.1, -0.05) is 17.7 Å². The van der Waals surface area contributed by atoms with Gasteiger partial charge in [0.05, 0.1) is 5.08 Å². The summed E-state index contributed by atoms with van der Waals surface area (Å²) < 4.78 is 2.15. The summed E-state index contributed by atoms with van der Waals surface area (Å²) in [6.45, 7) is 2.12. The zero-order chi connectivity index (χ0) is 12.1. The molecule has 0 radical (unpaired) electrons. The molecule has 0 unspecified atom stereocenters. The number of thioether (sulfide) groups is 2. The Morgan fingerprint density at radius 2 is 1.72 bits per heavy atom. The van der Waals surface area contributed by atoms with Gasteiger partial charge in [-0.25, -0.2) is 0 Å². The highest BCUT2D eigenvalue weighted by Crippen LogP contribution is 2.25. The lowest BCUT2D eigenvalue weighted by atomic mass is 10.2. The van der Waals surface area contributed by atoms with Gasteiger partial charge in [-0.2, -0.15) is 4.57 Å². The van der Waals surface area contributed by atoms with Crippen LogP contribution in [-0.2, 0) is 7.05 Å². The summed E-state index contributed by atoms with van der Waals surface area (Å²) >= 11 is 3.75. The van der Waals surface area contributed by atoms with E-state index in [1.807, 2.05) is 23.5 Å². The van der Waals surface area contributed by atoms with Gasteiger partial charge in [-0.05, 0) is 36.9 Å². The van der Waals surface area contributed by atoms with Crippen LogP contribution in [0.5, 0.6) is 0 Å². The van der Waals surface area contributed by atoms with E-state index in [-0.39, 0.29) is 12.4 Å². The number of halogens is 1. The summed E-state index contributed by atoms with van der Waals surface area (Å²) in [6, 6.07) is 15.0. The quantitative estimate of drug-likeness (QED) is 0.464. The maximum absolute atomic E-state index is 2.19. The number of hydrogen-bond acceptors (Lipinski definition) is 2. The number of hydrogen-bond donors (Lipinski definition) is 0. The fraction of sp³-hybridized carbons (Fsp3) is 0.214. The summed E-state index contributed by atoms with van der Waals surface area (Å²) in [5.74, 6) is 0. The molecule has 1 aromatic carbocycles. The summed E-state index contributed by atoms with van der Waals surface area (Å²) in [4.78, 5) is 1.33. The molecule has 0 aliphatic rings. The van der Waals surface area contributed by atoms with Crippen LogP contribution in [0.1, 0.15) is 5.56 Å². The lowest BCUT2D eigenvalue weighted by molar-refractivity contribution is -0.708. The van der Waals surface area contributed by atoms with Crippen LogP contribution in [0.4, 0.5) is 0 Å². The van der Waals surface area contributed by atoms with Gasteiger partial charge in [0.2, 0.25) is 5.03 Å². The molecule has 0 aliphatic carbocycles. The maximum Gasteiger partial charge on any atom is 0.240 e. The molecule has 1 nitrogen and oxygen atoms in total. The van der Waals surface area contributed by atoms with E-state index in [0.29, 0.717) is 0 Å². The average Bonchev–Trinajstić information content (AvgIpc) is 2.34. The van der Waals surface area contributed by atoms with Crippen molar-refractivity contribution in [3.05, 3.63) is 54.2 Å². The predicted octanol–water partition coefficient (Wildman–Crippen LogP) is 0.665. The Balaban J connectivity index is 0.00000162. The molecular weight excluding hydrogens is 282 g/mol. The van der Waals surface area contributed by atoms with Crippen LogP contribution >= 0.6 is 23.5 Å². The zero-order valence-corrected chi connectivity index (χ0v) is 12.9. The molecule has 0 fully saturated rings. The van der Waals surface area contributed by atoms with Crippen molar-refractivity contribution in [2.45, 2.75) is 16.8 Å². The number of aromatic nitrogens is 1. The minimum Gasteiger partial charge on any atom is -1.00 e. The Kier molecular flexibility index (Phi) is 6.61. The molecule has 18 heavy (non-hydrogen) atoms. The summed E-state index contributed by atoms with van der Waals surface area (Å²) in [7, 11) is 2.08. The predicted molar refractivity (Wildman–Crippen MR) is 75.4 cm³/mol. The first-order valence-corrected chi connectivity index (χ1v) is 7.50. The first-order chi connectivity index (χ1) is 8.25. The number of nitrogens with zero attached hydrogens (tertiary/aromatic N) is 1. The second-order valence-electron chi connectivity index (χ2n) is 3.87. The van der Waals surface area contributed by atoms with E-state index in [9.17, 15) is 0 Å². The number of pyridine rings is 1. The molecule has 0 saturated heterocycles. The molecule has 2 aromatic rings. The third-order valence-corrected chi connectivity index (χ3v) is 4.73. The van der Waals surface area contributed by atoms with Gasteiger partial charge in [0.15, 0.2) is 6.20 Å². The smallest absolute Gasteiger partial charge is 0.240 e. The minimum absolute atomic E-state index is 0. The SMILES string of the molecule is Cc1ccc(SCSc2cccc[n+]2C)cc1.[Cl-]. The molecule has 0 spiro atoms. The van der Waals surface area contributed by atoms with E-state index in [1.165, 1.54) is 15.5 Å². The number of rotatable bonds is 4. The lowest BCUT2D eigenvalue weighted by Crippen LogP contribution is -3.00. The molecule has 0 atom stereocenters. The molecule has 96 valence electrons. The summed E-state index contributed by atoms with van der Waals surface area (Å²) in [5.41, 5.74) is 1.32. The van der Waals surface area contributed by atoms with Crippen molar-refractivity contribution in [2.24, 2.45) is 7.05 Å². The monoisotopic (exact) mass is 297 g/mol. The van der Waals surface area contributed by atoms with Crippen molar-refractivity contribution >= 4 is 23.5 Å². The molecule has 1 heterocycles. The van der Waals surface area contributed by atoms with Crippen molar-refractivity contribution in [3.63, 3.8) is 0 Å². The molecule has 1 aromatic heterocycles. The molecule has 0 aliphatic heterocycles. The van der Waals surface area contributed by atoms with Crippen LogP contribution < -0.4 is 17.0 Å². The number of benzene rings is 1. The molecule has 0 amide bonds. The zero-order valence-electron chi connectivity index (χ0n) is 10.5. The molecule has 4 heteroatoms. The largest absolute Gasteiger partial charge is 1.00 e. The third kappa shape index (κ3) is 4.56. The van der Waals surface area contributed by atoms with E-state index in [4.69, 9.17) is 0 Å². The first-order valence-electron chi connectivity index (χ1n) is 5.52. The van der Waals surface area contributed by atoms with Crippen LogP contribution in [0.2, 0.25) is 0 Å². The molecular formula is C14H16ClNS2. The highest BCUT2D eigenvalue weighted by molar-refractivity contribution is 8.15. The Labute approximate surface area is 123 Å². The third-order valence-electron chi connectivity index (χ3n) is 2.46. The van der Waals surface area contributed by atoms with Crippen LogP contribution in [-0.4, -0.2) is 5.08 Å². The van der Waals surface area contributed by atoms with Crippen molar-refractivity contribution in [1.29, 1.82) is 0 Å². The van der Waals surface area contributed by atoms with Gasteiger partial charge >= 0.3 is 0 Å². The normalized spacial score (nSPS) is 9.89. The van der Waals surface area contributed by atoms with Crippen molar-refractivity contribution in [3.8, 4) is 0 Å². The van der Waals surface area contributed by atoms with Gasteiger partial charge < -0.3 is 12.4 Å². The van der Waals surface area contributed by atoms with Gasteiger partial charge in [0, 0.05) is 17.0 Å².